The number of aliphatic imine (C=N–C) groups is 1. The van der Waals surface area contributed by atoms with Gasteiger partial charge in [-0.3, -0.25) is 4.90 Å². The molecule has 2 rings (SSSR count). The lowest BCUT2D eigenvalue weighted by Gasteiger charge is -2.30. The number of anilines is 1. The third kappa shape index (κ3) is 8.98. The number of rotatable bonds is 10. The zero-order chi connectivity index (χ0) is 21.1. The van der Waals surface area contributed by atoms with E-state index in [2.05, 4.69) is 79.3 Å². The van der Waals surface area contributed by atoms with E-state index in [0.717, 1.165) is 58.3 Å². The summed E-state index contributed by atoms with van der Waals surface area (Å²) >= 11 is 0. The van der Waals surface area contributed by atoms with Gasteiger partial charge in [0.15, 0.2) is 5.96 Å². The van der Waals surface area contributed by atoms with Crippen molar-refractivity contribution < 1.29 is 4.74 Å². The maximum Gasteiger partial charge on any atom is 0.191 e. The van der Waals surface area contributed by atoms with Gasteiger partial charge in [0, 0.05) is 50.5 Å². The second-order valence-electron chi connectivity index (χ2n) is 8.13. The molecule has 0 unspecified atom stereocenters. The van der Waals surface area contributed by atoms with Crippen LogP contribution in [-0.2, 0) is 11.3 Å². The predicted octanol–water partition coefficient (Wildman–Crippen LogP) is 3.71. The number of hydrogen-bond donors (Lipinski definition) is 2. The molecular weight excluding hydrogens is 489 g/mol. The quantitative estimate of drug-likeness (QED) is 0.209. The highest BCUT2D eigenvalue weighted by Gasteiger charge is 2.14. The molecule has 1 saturated heterocycles. The fourth-order valence-corrected chi connectivity index (χ4v) is 3.84. The lowest BCUT2D eigenvalue weighted by Crippen LogP contribution is -2.41. The Kier molecular flexibility index (Phi) is 13.4. The Balaban J connectivity index is 0.00000450. The van der Waals surface area contributed by atoms with Gasteiger partial charge in [0.05, 0.1) is 19.8 Å². The van der Waals surface area contributed by atoms with Crippen molar-refractivity contribution in [1.82, 2.24) is 15.5 Å². The van der Waals surface area contributed by atoms with E-state index in [1.807, 2.05) is 0 Å². The minimum absolute atomic E-state index is 0. The van der Waals surface area contributed by atoms with Gasteiger partial charge in [-0.25, -0.2) is 4.99 Å². The Bertz CT molecular complexity index is 609. The standard InChI is InChI=1S/C23H41N5O.HI/c1-6-24-23(25-12-9-13-28(19(2)3)20(4)5)26-18-21-10-7-8-11-22(21)27-14-16-29-17-15-27;/h7-8,10-11,19-20H,6,9,12-18H2,1-5H3,(H2,24,25,26);1H. The van der Waals surface area contributed by atoms with E-state index in [1.165, 1.54) is 11.3 Å². The Morgan fingerprint density at radius 3 is 2.40 bits per heavy atom. The molecular formula is C23H42IN5O. The lowest BCUT2D eigenvalue weighted by atomic mass is 10.1. The molecule has 2 N–H and O–H groups in total. The molecule has 0 bridgehead atoms. The van der Waals surface area contributed by atoms with Crippen LogP contribution < -0.4 is 15.5 Å². The van der Waals surface area contributed by atoms with Gasteiger partial charge in [-0.1, -0.05) is 18.2 Å². The molecule has 1 fully saturated rings. The molecule has 1 heterocycles. The van der Waals surface area contributed by atoms with Gasteiger partial charge < -0.3 is 20.3 Å². The summed E-state index contributed by atoms with van der Waals surface area (Å²) < 4.78 is 5.50. The molecule has 30 heavy (non-hydrogen) atoms. The van der Waals surface area contributed by atoms with Gasteiger partial charge in [0.25, 0.3) is 0 Å². The fraction of sp³-hybridized carbons (Fsp3) is 0.696. The first kappa shape index (κ1) is 27.0. The average molecular weight is 532 g/mol. The maximum atomic E-state index is 5.50. The van der Waals surface area contributed by atoms with E-state index in [1.54, 1.807) is 0 Å². The third-order valence-electron chi connectivity index (χ3n) is 5.31. The number of halogens is 1. The van der Waals surface area contributed by atoms with Crippen molar-refractivity contribution in [3.05, 3.63) is 29.8 Å². The molecule has 1 aromatic carbocycles. The van der Waals surface area contributed by atoms with E-state index in [-0.39, 0.29) is 24.0 Å². The fourth-order valence-electron chi connectivity index (χ4n) is 3.84. The first-order chi connectivity index (χ1) is 14.0. The molecule has 1 aliphatic heterocycles. The van der Waals surface area contributed by atoms with Crippen LogP contribution in [0.15, 0.2) is 29.3 Å². The minimum atomic E-state index is 0. The van der Waals surface area contributed by atoms with Crippen LogP contribution in [-0.4, -0.2) is 68.9 Å². The second kappa shape index (κ2) is 14.9. The van der Waals surface area contributed by atoms with Crippen LogP contribution in [0.25, 0.3) is 0 Å². The molecule has 1 aliphatic rings. The lowest BCUT2D eigenvalue weighted by molar-refractivity contribution is 0.122. The van der Waals surface area contributed by atoms with Crippen molar-refractivity contribution in [3.63, 3.8) is 0 Å². The molecule has 0 amide bonds. The van der Waals surface area contributed by atoms with Gasteiger partial charge in [0.1, 0.15) is 0 Å². The molecule has 0 aromatic heterocycles. The molecule has 6 nitrogen and oxygen atoms in total. The van der Waals surface area contributed by atoms with E-state index < -0.39 is 0 Å². The topological polar surface area (TPSA) is 52.1 Å². The molecule has 0 atom stereocenters. The van der Waals surface area contributed by atoms with Crippen molar-refractivity contribution in [2.45, 2.75) is 59.7 Å². The highest BCUT2D eigenvalue weighted by molar-refractivity contribution is 14.0. The van der Waals surface area contributed by atoms with Crippen molar-refractivity contribution in [1.29, 1.82) is 0 Å². The Labute approximate surface area is 200 Å². The average Bonchev–Trinajstić information content (AvgIpc) is 2.72. The van der Waals surface area contributed by atoms with Crippen LogP contribution in [0.5, 0.6) is 0 Å². The number of hydrogen-bond acceptors (Lipinski definition) is 4. The maximum absolute atomic E-state index is 5.50. The van der Waals surface area contributed by atoms with Gasteiger partial charge in [0.2, 0.25) is 0 Å². The van der Waals surface area contributed by atoms with Crippen LogP contribution in [0.4, 0.5) is 5.69 Å². The Morgan fingerprint density at radius 2 is 1.77 bits per heavy atom. The molecule has 0 radical (unpaired) electrons. The van der Waals surface area contributed by atoms with Crippen LogP contribution >= 0.6 is 24.0 Å². The van der Waals surface area contributed by atoms with Crippen molar-refractivity contribution in [2.75, 3.05) is 50.8 Å². The smallest absolute Gasteiger partial charge is 0.191 e. The van der Waals surface area contributed by atoms with E-state index in [9.17, 15) is 0 Å². The molecule has 0 spiro atoms. The monoisotopic (exact) mass is 531 g/mol. The summed E-state index contributed by atoms with van der Waals surface area (Å²) in [5.41, 5.74) is 2.54. The molecule has 1 aromatic rings. The van der Waals surface area contributed by atoms with Gasteiger partial charge >= 0.3 is 0 Å². The van der Waals surface area contributed by atoms with Gasteiger partial charge in [-0.2, -0.15) is 0 Å². The predicted molar refractivity (Wildman–Crippen MR) is 139 cm³/mol. The summed E-state index contributed by atoms with van der Waals surface area (Å²) in [7, 11) is 0. The van der Waals surface area contributed by atoms with Crippen molar-refractivity contribution >= 4 is 35.6 Å². The van der Waals surface area contributed by atoms with Gasteiger partial charge in [-0.15, -0.1) is 24.0 Å². The summed E-state index contributed by atoms with van der Waals surface area (Å²) in [6.07, 6.45) is 1.10. The number of benzene rings is 1. The summed E-state index contributed by atoms with van der Waals surface area (Å²) in [4.78, 5) is 9.78. The van der Waals surface area contributed by atoms with E-state index in [0.29, 0.717) is 18.6 Å². The van der Waals surface area contributed by atoms with Crippen LogP contribution in [0.1, 0.15) is 46.6 Å². The van der Waals surface area contributed by atoms with Crippen molar-refractivity contribution in [2.24, 2.45) is 4.99 Å². The summed E-state index contributed by atoms with van der Waals surface area (Å²) in [5.74, 6) is 0.893. The number of nitrogens with one attached hydrogen (secondary N) is 2. The Hall–Kier alpha value is -1.06. The molecule has 0 aliphatic carbocycles. The van der Waals surface area contributed by atoms with Crippen LogP contribution in [0, 0.1) is 0 Å². The van der Waals surface area contributed by atoms with E-state index in [4.69, 9.17) is 9.73 Å². The SMILES string of the molecule is CCNC(=NCc1ccccc1N1CCOCC1)NCCCN(C(C)C)C(C)C.I. The third-order valence-corrected chi connectivity index (χ3v) is 5.31. The first-order valence-electron chi connectivity index (χ1n) is 11.2. The Morgan fingerprint density at radius 1 is 1.10 bits per heavy atom. The normalized spacial score (nSPS) is 14.9. The summed E-state index contributed by atoms with van der Waals surface area (Å²) in [6, 6.07) is 9.74. The summed E-state index contributed by atoms with van der Waals surface area (Å²) in [6.45, 7) is 18.2. The number of para-hydroxylation sites is 1. The minimum Gasteiger partial charge on any atom is -0.378 e. The van der Waals surface area contributed by atoms with E-state index >= 15 is 0 Å². The molecule has 7 heteroatoms. The zero-order valence-corrected chi connectivity index (χ0v) is 21.8. The molecule has 0 saturated carbocycles. The number of ether oxygens (including phenoxy) is 1. The number of guanidine groups is 1. The number of morpholine rings is 1. The molecule has 172 valence electrons. The second-order valence-corrected chi connectivity index (χ2v) is 8.13. The summed E-state index contributed by atoms with van der Waals surface area (Å²) in [5, 5.41) is 6.88. The highest BCUT2D eigenvalue weighted by Crippen LogP contribution is 2.22. The van der Waals surface area contributed by atoms with Crippen LogP contribution in [0.2, 0.25) is 0 Å². The van der Waals surface area contributed by atoms with Crippen LogP contribution in [0.3, 0.4) is 0 Å². The van der Waals surface area contributed by atoms with Crippen molar-refractivity contribution in [3.8, 4) is 0 Å². The zero-order valence-electron chi connectivity index (χ0n) is 19.5. The first-order valence-corrected chi connectivity index (χ1v) is 11.2. The van der Waals surface area contributed by atoms with Gasteiger partial charge in [-0.05, 0) is 52.7 Å². The number of nitrogens with zero attached hydrogens (tertiary/aromatic N) is 3. The highest BCUT2D eigenvalue weighted by atomic mass is 127. The largest absolute Gasteiger partial charge is 0.378 e.